The minimum Gasteiger partial charge on any atom is -0.394 e. The zero-order chi connectivity index (χ0) is 25.4. The standard InChI is InChI=1S/C20H40N4O10/c1-20(30)12(6-25)32-19(14(29)17(20)24-2)34-16-8(23)3-7(22)15(13(16)28)33-18-10(27)4-9(26)11(5-21)31-18/h7-19,24-30H,3-6,21-23H2,1-2H3. The van der Waals surface area contributed by atoms with Gasteiger partial charge in [0.25, 0.3) is 0 Å². The monoisotopic (exact) mass is 496 g/mol. The number of hydrogen-bond donors (Lipinski definition) is 10. The molecule has 34 heavy (non-hydrogen) atoms. The Morgan fingerprint density at radius 1 is 0.941 bits per heavy atom. The van der Waals surface area contributed by atoms with E-state index in [0.717, 1.165) is 0 Å². The molecule has 2 saturated heterocycles. The maximum atomic E-state index is 11.1. The minimum atomic E-state index is -1.61. The smallest absolute Gasteiger partial charge is 0.186 e. The molecule has 0 aromatic carbocycles. The van der Waals surface area contributed by atoms with Crippen LogP contribution < -0.4 is 22.5 Å². The highest BCUT2D eigenvalue weighted by Gasteiger charge is 2.54. The topological polar surface area (TPSA) is 248 Å². The molecule has 1 aliphatic carbocycles. The fourth-order valence-electron chi connectivity index (χ4n) is 5.03. The Balaban J connectivity index is 1.73. The number of nitrogens with two attached hydrogens (primary N) is 3. The van der Waals surface area contributed by atoms with E-state index in [9.17, 15) is 30.6 Å². The Hall–Kier alpha value is -0.560. The first-order chi connectivity index (χ1) is 16.0. The van der Waals surface area contributed by atoms with E-state index < -0.39 is 91.7 Å². The average Bonchev–Trinajstić information content (AvgIpc) is 2.76. The van der Waals surface area contributed by atoms with E-state index in [1.807, 2.05) is 0 Å². The van der Waals surface area contributed by atoms with Crippen molar-refractivity contribution in [3.8, 4) is 0 Å². The van der Waals surface area contributed by atoms with Crippen molar-refractivity contribution in [1.82, 2.24) is 5.32 Å². The van der Waals surface area contributed by atoms with Crippen LogP contribution in [0.1, 0.15) is 19.8 Å². The first kappa shape index (κ1) is 28.0. The highest BCUT2D eigenvalue weighted by Crippen LogP contribution is 2.34. The molecule has 1 saturated carbocycles. The van der Waals surface area contributed by atoms with Gasteiger partial charge in [-0.15, -0.1) is 0 Å². The molecule has 0 amide bonds. The van der Waals surface area contributed by atoms with Crippen molar-refractivity contribution in [3.05, 3.63) is 0 Å². The third kappa shape index (κ3) is 5.40. The van der Waals surface area contributed by atoms with E-state index in [2.05, 4.69) is 5.32 Å². The maximum absolute atomic E-state index is 11.1. The van der Waals surface area contributed by atoms with Crippen LogP contribution in [-0.2, 0) is 18.9 Å². The van der Waals surface area contributed by atoms with Gasteiger partial charge >= 0.3 is 0 Å². The van der Waals surface area contributed by atoms with Crippen molar-refractivity contribution in [3.63, 3.8) is 0 Å². The zero-order valence-corrected chi connectivity index (χ0v) is 19.4. The van der Waals surface area contributed by atoms with Gasteiger partial charge in [-0.3, -0.25) is 0 Å². The lowest BCUT2D eigenvalue weighted by Gasteiger charge is -2.50. The second kappa shape index (κ2) is 11.2. The fourth-order valence-corrected chi connectivity index (χ4v) is 5.03. The Morgan fingerprint density at radius 3 is 2.06 bits per heavy atom. The third-order valence-electron chi connectivity index (χ3n) is 7.09. The molecule has 200 valence electrons. The summed E-state index contributed by atoms with van der Waals surface area (Å²) in [5.74, 6) is 0. The molecule has 14 nitrogen and oxygen atoms in total. The van der Waals surface area contributed by atoms with Crippen LogP contribution in [-0.4, -0.2) is 136 Å². The number of rotatable bonds is 7. The Morgan fingerprint density at radius 2 is 1.53 bits per heavy atom. The molecular weight excluding hydrogens is 456 g/mol. The number of hydrogen-bond acceptors (Lipinski definition) is 14. The van der Waals surface area contributed by atoms with Crippen molar-refractivity contribution >= 4 is 0 Å². The van der Waals surface area contributed by atoms with Crippen LogP contribution in [0.4, 0.5) is 0 Å². The molecule has 0 radical (unpaired) electrons. The molecule has 13 N–H and O–H groups in total. The quantitative estimate of drug-likeness (QED) is 0.158. The third-order valence-corrected chi connectivity index (χ3v) is 7.09. The lowest BCUT2D eigenvalue weighted by atomic mass is 9.82. The summed E-state index contributed by atoms with van der Waals surface area (Å²) >= 11 is 0. The normalized spacial score (nSPS) is 52.5. The molecule has 14 atom stereocenters. The van der Waals surface area contributed by atoms with Crippen LogP contribution >= 0.6 is 0 Å². The van der Waals surface area contributed by atoms with Crippen molar-refractivity contribution in [2.45, 2.75) is 105 Å². The van der Waals surface area contributed by atoms with Gasteiger partial charge in [0.2, 0.25) is 0 Å². The number of aliphatic hydroxyl groups excluding tert-OH is 5. The second-order valence-electron chi connectivity index (χ2n) is 9.56. The Labute approximate surface area is 197 Å². The van der Waals surface area contributed by atoms with E-state index >= 15 is 0 Å². The van der Waals surface area contributed by atoms with Gasteiger partial charge < -0.3 is 72.1 Å². The van der Waals surface area contributed by atoms with Gasteiger partial charge in [-0.1, -0.05) is 0 Å². The zero-order valence-electron chi connectivity index (χ0n) is 19.4. The van der Waals surface area contributed by atoms with E-state index in [1.165, 1.54) is 14.0 Å². The molecule has 14 heteroatoms. The molecule has 3 fully saturated rings. The van der Waals surface area contributed by atoms with E-state index in [1.54, 1.807) is 0 Å². The Bertz CT molecular complexity index is 663. The summed E-state index contributed by atoms with van der Waals surface area (Å²) in [6.45, 7) is 0.876. The first-order valence-corrected chi connectivity index (χ1v) is 11.5. The number of nitrogens with one attached hydrogen (secondary N) is 1. The highest BCUT2D eigenvalue weighted by atomic mass is 16.7. The van der Waals surface area contributed by atoms with E-state index in [4.69, 9.17) is 36.1 Å². The largest absolute Gasteiger partial charge is 0.394 e. The molecule has 3 rings (SSSR count). The molecule has 2 aliphatic heterocycles. The SMILES string of the molecule is CNC1C(O)C(OC2C(N)CC(N)C(OC3OC(CN)C(O)CC3O)C2O)OC(CO)C1(C)O. The van der Waals surface area contributed by atoms with Crippen LogP contribution in [0.2, 0.25) is 0 Å². The van der Waals surface area contributed by atoms with Crippen LogP contribution in [0.5, 0.6) is 0 Å². The van der Waals surface area contributed by atoms with Crippen LogP contribution in [0.3, 0.4) is 0 Å². The molecule has 3 aliphatic rings. The summed E-state index contributed by atoms with van der Waals surface area (Å²) in [4.78, 5) is 0. The van der Waals surface area contributed by atoms with Crippen molar-refractivity contribution < 1.29 is 49.6 Å². The highest BCUT2D eigenvalue weighted by molar-refractivity contribution is 5.04. The van der Waals surface area contributed by atoms with Gasteiger partial charge in [0.1, 0.15) is 42.2 Å². The molecule has 2 heterocycles. The molecule has 14 unspecified atom stereocenters. The number of likely N-dealkylation sites (N-methyl/N-ethyl adjacent to an activating group) is 1. The summed E-state index contributed by atoms with van der Waals surface area (Å²) in [5, 5.41) is 65.2. The fraction of sp³-hybridized carbons (Fsp3) is 1.00. The average molecular weight is 497 g/mol. The summed E-state index contributed by atoms with van der Waals surface area (Å²) in [5.41, 5.74) is 16.4. The summed E-state index contributed by atoms with van der Waals surface area (Å²) in [6.07, 6.45) is -11.4. The van der Waals surface area contributed by atoms with Crippen LogP contribution in [0.25, 0.3) is 0 Å². The maximum Gasteiger partial charge on any atom is 0.186 e. The number of aliphatic hydroxyl groups is 6. The van der Waals surface area contributed by atoms with E-state index in [-0.39, 0.29) is 19.4 Å². The molecule has 0 bridgehead atoms. The van der Waals surface area contributed by atoms with Crippen molar-refractivity contribution in [1.29, 1.82) is 0 Å². The Kier molecular flexibility index (Phi) is 9.25. The van der Waals surface area contributed by atoms with Gasteiger partial charge in [0.15, 0.2) is 12.6 Å². The van der Waals surface area contributed by atoms with Gasteiger partial charge in [0.05, 0.1) is 24.9 Å². The van der Waals surface area contributed by atoms with Gasteiger partial charge in [-0.25, -0.2) is 0 Å². The molecule has 0 aromatic rings. The summed E-state index contributed by atoms with van der Waals surface area (Å²) < 4.78 is 22.8. The lowest BCUT2D eigenvalue weighted by molar-refractivity contribution is -0.334. The van der Waals surface area contributed by atoms with Gasteiger partial charge in [-0.2, -0.15) is 0 Å². The predicted octanol–water partition coefficient (Wildman–Crippen LogP) is -5.61. The van der Waals surface area contributed by atoms with Gasteiger partial charge in [0, 0.05) is 25.0 Å². The molecular formula is C20H40N4O10. The molecule has 0 aromatic heterocycles. The number of ether oxygens (including phenoxy) is 4. The van der Waals surface area contributed by atoms with Crippen LogP contribution in [0.15, 0.2) is 0 Å². The minimum absolute atomic E-state index is 0.00295. The van der Waals surface area contributed by atoms with Crippen LogP contribution in [0, 0.1) is 0 Å². The molecule has 0 spiro atoms. The first-order valence-electron chi connectivity index (χ1n) is 11.5. The summed E-state index contributed by atoms with van der Waals surface area (Å²) in [6, 6.07) is -2.42. The second-order valence-corrected chi connectivity index (χ2v) is 9.56. The lowest BCUT2D eigenvalue weighted by Crippen LogP contribution is -2.71. The van der Waals surface area contributed by atoms with Crippen molar-refractivity contribution in [2.75, 3.05) is 20.2 Å². The summed E-state index contributed by atoms with van der Waals surface area (Å²) in [7, 11) is 1.53. The van der Waals surface area contributed by atoms with Crippen molar-refractivity contribution in [2.24, 2.45) is 17.2 Å². The van der Waals surface area contributed by atoms with E-state index in [0.29, 0.717) is 0 Å². The predicted molar refractivity (Wildman–Crippen MR) is 116 cm³/mol. The van der Waals surface area contributed by atoms with Gasteiger partial charge in [-0.05, 0) is 20.4 Å².